The maximum atomic E-state index is 10.7. The van der Waals surface area contributed by atoms with Crippen LogP contribution in [-0.2, 0) is 6.54 Å². The van der Waals surface area contributed by atoms with Crippen LogP contribution in [0.15, 0.2) is 30.6 Å². The number of hydrogen-bond donors (Lipinski definition) is 2. The van der Waals surface area contributed by atoms with Crippen molar-refractivity contribution >= 4 is 28.3 Å². The van der Waals surface area contributed by atoms with Crippen molar-refractivity contribution in [1.29, 1.82) is 0 Å². The SMILES string of the molecule is O=[N+]([O-])c1cnn(CC(O)CN2CCCC2c2nc3ccc(Cl)cc3[nH]2)c1. The number of aromatic nitrogens is 4. The van der Waals surface area contributed by atoms with Gasteiger partial charge in [0.1, 0.15) is 18.2 Å². The van der Waals surface area contributed by atoms with E-state index >= 15 is 0 Å². The Balaban J connectivity index is 1.44. The first-order valence-corrected chi connectivity index (χ1v) is 9.11. The summed E-state index contributed by atoms with van der Waals surface area (Å²) in [6.45, 7) is 1.50. The van der Waals surface area contributed by atoms with Crippen molar-refractivity contribution in [1.82, 2.24) is 24.6 Å². The van der Waals surface area contributed by atoms with Crippen LogP contribution in [0.1, 0.15) is 24.7 Å². The van der Waals surface area contributed by atoms with E-state index in [9.17, 15) is 15.2 Å². The predicted octanol–water partition coefficient (Wildman–Crippen LogP) is 2.52. The Morgan fingerprint density at radius 3 is 3.07 bits per heavy atom. The lowest BCUT2D eigenvalue weighted by molar-refractivity contribution is -0.385. The van der Waals surface area contributed by atoms with Crippen molar-refractivity contribution in [3.8, 4) is 0 Å². The van der Waals surface area contributed by atoms with Crippen LogP contribution in [0.2, 0.25) is 5.02 Å². The smallest absolute Gasteiger partial charge is 0.306 e. The lowest BCUT2D eigenvalue weighted by Crippen LogP contribution is -2.34. The van der Waals surface area contributed by atoms with Gasteiger partial charge in [-0.2, -0.15) is 5.10 Å². The van der Waals surface area contributed by atoms with E-state index in [1.165, 1.54) is 17.1 Å². The molecular formula is C17H19ClN6O3. The second kappa shape index (κ2) is 7.26. The molecule has 0 saturated carbocycles. The lowest BCUT2D eigenvalue weighted by atomic mass is 10.2. The summed E-state index contributed by atoms with van der Waals surface area (Å²) in [5.41, 5.74) is 1.68. The number of nitrogens with zero attached hydrogens (tertiary/aromatic N) is 5. The van der Waals surface area contributed by atoms with Gasteiger partial charge in [0.2, 0.25) is 0 Å². The maximum absolute atomic E-state index is 10.7. The molecule has 4 rings (SSSR count). The van der Waals surface area contributed by atoms with E-state index < -0.39 is 11.0 Å². The first-order valence-electron chi connectivity index (χ1n) is 8.74. The van der Waals surface area contributed by atoms with Crippen molar-refractivity contribution in [2.75, 3.05) is 13.1 Å². The van der Waals surface area contributed by atoms with Crippen LogP contribution in [0.3, 0.4) is 0 Å². The minimum Gasteiger partial charge on any atom is -0.390 e. The zero-order valence-electron chi connectivity index (χ0n) is 14.5. The Morgan fingerprint density at radius 2 is 2.30 bits per heavy atom. The molecule has 27 heavy (non-hydrogen) atoms. The third-order valence-electron chi connectivity index (χ3n) is 4.82. The molecule has 2 unspecified atom stereocenters. The van der Waals surface area contributed by atoms with E-state index in [0.717, 1.165) is 36.2 Å². The molecule has 1 aromatic carbocycles. The van der Waals surface area contributed by atoms with E-state index in [4.69, 9.17) is 11.6 Å². The molecule has 9 nitrogen and oxygen atoms in total. The fraction of sp³-hybridized carbons (Fsp3) is 0.412. The van der Waals surface area contributed by atoms with Gasteiger partial charge in [-0.05, 0) is 37.6 Å². The minimum absolute atomic E-state index is 0.0813. The van der Waals surface area contributed by atoms with Crippen molar-refractivity contribution in [2.45, 2.75) is 31.5 Å². The summed E-state index contributed by atoms with van der Waals surface area (Å²) in [7, 11) is 0. The molecule has 0 spiro atoms. The number of H-pyrrole nitrogens is 1. The van der Waals surface area contributed by atoms with Gasteiger partial charge in [0.15, 0.2) is 0 Å². The fourth-order valence-corrected chi connectivity index (χ4v) is 3.78. The summed E-state index contributed by atoms with van der Waals surface area (Å²) in [4.78, 5) is 20.4. The normalized spacial score (nSPS) is 19.0. The van der Waals surface area contributed by atoms with Crippen molar-refractivity contribution in [3.63, 3.8) is 0 Å². The zero-order valence-corrected chi connectivity index (χ0v) is 15.2. The molecule has 2 N–H and O–H groups in total. The van der Waals surface area contributed by atoms with E-state index in [1.54, 1.807) is 0 Å². The number of rotatable bonds is 6. The highest BCUT2D eigenvalue weighted by Crippen LogP contribution is 2.32. The Hall–Kier alpha value is -2.49. The Labute approximate surface area is 159 Å². The number of benzene rings is 1. The topological polar surface area (TPSA) is 113 Å². The van der Waals surface area contributed by atoms with Gasteiger partial charge < -0.3 is 10.1 Å². The highest BCUT2D eigenvalue weighted by Gasteiger charge is 2.30. The largest absolute Gasteiger partial charge is 0.390 e. The minimum atomic E-state index is -0.691. The van der Waals surface area contributed by atoms with Gasteiger partial charge in [-0.1, -0.05) is 11.6 Å². The summed E-state index contributed by atoms with van der Waals surface area (Å²) < 4.78 is 1.40. The number of nitrogens with one attached hydrogen (secondary N) is 1. The van der Waals surface area contributed by atoms with Crippen LogP contribution < -0.4 is 0 Å². The molecule has 3 heterocycles. The molecule has 3 aromatic rings. The molecule has 0 radical (unpaired) electrons. The Bertz CT molecular complexity index is 971. The van der Waals surface area contributed by atoms with E-state index in [1.807, 2.05) is 18.2 Å². The number of β-amino-alcohol motifs (C(OH)–C–C–N with tert-alkyl or cyclic N) is 1. The molecule has 1 aliphatic rings. The number of aliphatic hydroxyl groups excluding tert-OH is 1. The van der Waals surface area contributed by atoms with Crippen molar-refractivity contribution in [3.05, 3.63) is 51.6 Å². The van der Waals surface area contributed by atoms with Gasteiger partial charge in [0, 0.05) is 11.6 Å². The van der Waals surface area contributed by atoms with Gasteiger partial charge in [0.25, 0.3) is 0 Å². The van der Waals surface area contributed by atoms with Crippen molar-refractivity contribution < 1.29 is 10.0 Å². The van der Waals surface area contributed by atoms with Crippen molar-refractivity contribution in [2.24, 2.45) is 0 Å². The van der Waals surface area contributed by atoms with Crippen LogP contribution in [-0.4, -0.2) is 53.9 Å². The quantitative estimate of drug-likeness (QED) is 0.494. The number of fused-ring (bicyclic) bond motifs is 1. The highest BCUT2D eigenvalue weighted by atomic mass is 35.5. The molecule has 1 fully saturated rings. The average Bonchev–Trinajstić information content (AvgIpc) is 3.33. The summed E-state index contributed by atoms with van der Waals surface area (Å²) in [6.07, 6.45) is 3.79. The monoisotopic (exact) mass is 390 g/mol. The number of hydrogen-bond acceptors (Lipinski definition) is 6. The Morgan fingerprint density at radius 1 is 1.44 bits per heavy atom. The molecule has 0 amide bonds. The van der Waals surface area contributed by atoms with E-state index in [-0.39, 0.29) is 18.3 Å². The molecule has 0 bridgehead atoms. The molecule has 2 atom stereocenters. The summed E-state index contributed by atoms with van der Waals surface area (Å²) in [5, 5.41) is 25.8. The highest BCUT2D eigenvalue weighted by molar-refractivity contribution is 6.31. The lowest BCUT2D eigenvalue weighted by Gasteiger charge is -2.25. The van der Waals surface area contributed by atoms with Gasteiger partial charge in [-0.15, -0.1) is 0 Å². The number of aliphatic hydroxyl groups is 1. The van der Waals surface area contributed by atoms with Crippen LogP contribution >= 0.6 is 11.6 Å². The standard InChI is InChI=1S/C17H19ClN6O3/c18-11-3-4-14-15(6-11)21-17(20-14)16-2-1-5-22(16)9-13(25)10-23-8-12(7-19-23)24(26)27/h3-4,6-8,13,16,25H,1-2,5,9-10H2,(H,20,21). The number of nitro groups is 1. The van der Waals surface area contributed by atoms with Crippen LogP contribution in [0, 0.1) is 10.1 Å². The predicted molar refractivity (Wildman–Crippen MR) is 99.5 cm³/mol. The molecule has 2 aromatic heterocycles. The first kappa shape index (κ1) is 17.9. The maximum Gasteiger partial charge on any atom is 0.306 e. The second-order valence-corrected chi connectivity index (χ2v) is 7.20. The third kappa shape index (κ3) is 3.80. The van der Waals surface area contributed by atoms with Crippen LogP contribution in [0.5, 0.6) is 0 Å². The molecular weight excluding hydrogens is 372 g/mol. The fourth-order valence-electron chi connectivity index (χ4n) is 3.60. The number of imidazole rings is 1. The summed E-state index contributed by atoms with van der Waals surface area (Å²) >= 11 is 6.04. The van der Waals surface area contributed by atoms with Gasteiger partial charge in [-0.25, -0.2) is 4.98 Å². The van der Waals surface area contributed by atoms with E-state index in [0.29, 0.717) is 11.6 Å². The van der Waals surface area contributed by atoms with Gasteiger partial charge in [-0.3, -0.25) is 19.7 Å². The summed E-state index contributed by atoms with van der Waals surface area (Å²) in [5.74, 6) is 0.867. The molecule has 1 saturated heterocycles. The van der Waals surface area contributed by atoms with Gasteiger partial charge in [0.05, 0.1) is 34.6 Å². The van der Waals surface area contributed by atoms with E-state index in [2.05, 4.69) is 20.0 Å². The zero-order chi connectivity index (χ0) is 19.0. The number of halogens is 1. The second-order valence-electron chi connectivity index (χ2n) is 6.77. The third-order valence-corrected chi connectivity index (χ3v) is 5.05. The average molecular weight is 391 g/mol. The molecule has 1 aliphatic heterocycles. The Kier molecular flexibility index (Phi) is 4.81. The molecule has 142 valence electrons. The molecule has 10 heteroatoms. The van der Waals surface area contributed by atoms with Crippen LogP contribution in [0.25, 0.3) is 11.0 Å². The van der Waals surface area contributed by atoms with Crippen LogP contribution in [0.4, 0.5) is 5.69 Å². The summed E-state index contributed by atoms with van der Waals surface area (Å²) in [6, 6.07) is 5.65. The number of likely N-dealkylation sites (tertiary alicyclic amines) is 1. The number of aromatic amines is 1. The van der Waals surface area contributed by atoms with Gasteiger partial charge >= 0.3 is 5.69 Å². The first-order chi connectivity index (χ1) is 13.0. The molecule has 0 aliphatic carbocycles.